The molecule has 0 bridgehead atoms. The molecule has 1 N–H and O–H groups in total. The lowest BCUT2D eigenvalue weighted by Crippen LogP contribution is -2.34. The fourth-order valence-electron chi connectivity index (χ4n) is 3.17. The summed E-state index contributed by atoms with van der Waals surface area (Å²) in [5.74, 6) is 2.58. The third kappa shape index (κ3) is 5.00. The summed E-state index contributed by atoms with van der Waals surface area (Å²) in [6.07, 6.45) is 6.20. The normalized spacial score (nSPS) is 29.3. The Morgan fingerprint density at radius 2 is 2.05 bits per heavy atom. The van der Waals surface area contributed by atoms with Crippen LogP contribution in [0.25, 0.3) is 0 Å². The van der Waals surface area contributed by atoms with E-state index in [0.29, 0.717) is 6.10 Å². The predicted molar refractivity (Wildman–Crippen MR) is 76.9 cm³/mol. The summed E-state index contributed by atoms with van der Waals surface area (Å²) >= 11 is 0. The maximum absolute atomic E-state index is 6.16. The van der Waals surface area contributed by atoms with Gasteiger partial charge in [-0.15, -0.1) is 0 Å². The van der Waals surface area contributed by atoms with Crippen molar-refractivity contribution in [3.05, 3.63) is 24.2 Å². The van der Waals surface area contributed by atoms with Gasteiger partial charge in [0.15, 0.2) is 0 Å². The van der Waals surface area contributed by atoms with E-state index in [1.165, 1.54) is 19.3 Å². The van der Waals surface area contributed by atoms with Crippen molar-refractivity contribution < 1.29 is 9.15 Å². The Labute approximate surface area is 116 Å². The van der Waals surface area contributed by atoms with Crippen LogP contribution in [0.15, 0.2) is 22.8 Å². The van der Waals surface area contributed by atoms with Crippen LogP contribution in [-0.4, -0.2) is 18.8 Å². The van der Waals surface area contributed by atoms with E-state index in [4.69, 9.17) is 9.15 Å². The standard InChI is InChI=1S/C16H27NO2/c1-12-7-13(2)9-16(8-12)19-14(3)10-17-11-15-5-4-6-18-15/h4-6,12-14,16-17H,7-11H2,1-3H3. The summed E-state index contributed by atoms with van der Waals surface area (Å²) in [7, 11) is 0. The summed E-state index contributed by atoms with van der Waals surface area (Å²) in [5, 5.41) is 3.38. The van der Waals surface area contributed by atoms with Gasteiger partial charge >= 0.3 is 0 Å². The maximum Gasteiger partial charge on any atom is 0.117 e. The Bertz CT molecular complexity index is 340. The fraction of sp³-hybridized carbons (Fsp3) is 0.750. The van der Waals surface area contributed by atoms with Crippen LogP contribution >= 0.6 is 0 Å². The molecule has 1 aliphatic rings. The fourth-order valence-corrected chi connectivity index (χ4v) is 3.17. The van der Waals surface area contributed by atoms with Gasteiger partial charge in [0.25, 0.3) is 0 Å². The SMILES string of the molecule is CC1CC(C)CC(OC(C)CNCc2ccco2)C1. The number of hydrogen-bond acceptors (Lipinski definition) is 3. The lowest BCUT2D eigenvalue weighted by molar-refractivity contribution is -0.0402. The predicted octanol–water partition coefficient (Wildman–Crippen LogP) is 3.60. The van der Waals surface area contributed by atoms with Crippen molar-refractivity contribution in [3.63, 3.8) is 0 Å². The molecular weight excluding hydrogens is 238 g/mol. The van der Waals surface area contributed by atoms with Crippen molar-refractivity contribution in [2.75, 3.05) is 6.54 Å². The van der Waals surface area contributed by atoms with Crippen LogP contribution in [-0.2, 0) is 11.3 Å². The first-order chi connectivity index (χ1) is 9.13. The van der Waals surface area contributed by atoms with Crippen LogP contribution in [0, 0.1) is 11.8 Å². The van der Waals surface area contributed by atoms with Gasteiger partial charge < -0.3 is 14.5 Å². The molecule has 0 saturated heterocycles. The summed E-state index contributed by atoms with van der Waals surface area (Å²) in [5.41, 5.74) is 0. The van der Waals surface area contributed by atoms with Crippen LogP contribution in [0.2, 0.25) is 0 Å². The maximum atomic E-state index is 6.16. The molecule has 19 heavy (non-hydrogen) atoms. The number of furan rings is 1. The van der Waals surface area contributed by atoms with Crippen LogP contribution in [0.5, 0.6) is 0 Å². The lowest BCUT2D eigenvalue weighted by Gasteiger charge is -2.33. The summed E-state index contributed by atoms with van der Waals surface area (Å²) in [6.45, 7) is 8.48. The molecule has 2 rings (SSSR count). The summed E-state index contributed by atoms with van der Waals surface area (Å²) in [6, 6.07) is 3.91. The Balaban J connectivity index is 1.64. The van der Waals surface area contributed by atoms with E-state index in [1.807, 2.05) is 12.1 Å². The van der Waals surface area contributed by atoms with E-state index in [9.17, 15) is 0 Å². The first-order valence-corrected chi connectivity index (χ1v) is 7.52. The van der Waals surface area contributed by atoms with Gasteiger partial charge in [0.2, 0.25) is 0 Å². The van der Waals surface area contributed by atoms with Crippen molar-refractivity contribution in [1.82, 2.24) is 5.32 Å². The van der Waals surface area contributed by atoms with Gasteiger partial charge in [-0.05, 0) is 50.2 Å². The third-order valence-corrected chi connectivity index (χ3v) is 3.87. The molecule has 1 aliphatic carbocycles. The van der Waals surface area contributed by atoms with E-state index in [-0.39, 0.29) is 6.10 Å². The zero-order chi connectivity index (χ0) is 13.7. The Hall–Kier alpha value is -0.800. The van der Waals surface area contributed by atoms with Gasteiger partial charge in [-0.3, -0.25) is 0 Å². The Morgan fingerprint density at radius 1 is 1.32 bits per heavy atom. The molecule has 0 aliphatic heterocycles. The molecule has 1 aromatic rings. The van der Waals surface area contributed by atoms with Crippen molar-refractivity contribution >= 4 is 0 Å². The molecular formula is C16H27NO2. The van der Waals surface area contributed by atoms with E-state index in [2.05, 4.69) is 26.1 Å². The highest BCUT2D eigenvalue weighted by molar-refractivity contribution is 4.97. The number of ether oxygens (including phenoxy) is 1. The molecule has 0 aromatic carbocycles. The van der Waals surface area contributed by atoms with E-state index < -0.39 is 0 Å². The van der Waals surface area contributed by atoms with Crippen molar-refractivity contribution in [2.45, 2.75) is 58.8 Å². The molecule has 1 fully saturated rings. The minimum absolute atomic E-state index is 0.262. The topological polar surface area (TPSA) is 34.4 Å². The van der Waals surface area contributed by atoms with Crippen LogP contribution in [0.1, 0.15) is 45.8 Å². The van der Waals surface area contributed by atoms with Gasteiger partial charge in [-0.2, -0.15) is 0 Å². The van der Waals surface area contributed by atoms with Crippen LogP contribution < -0.4 is 5.32 Å². The van der Waals surface area contributed by atoms with E-state index >= 15 is 0 Å². The molecule has 3 heteroatoms. The van der Waals surface area contributed by atoms with Gasteiger partial charge in [0.1, 0.15) is 5.76 Å². The number of nitrogens with one attached hydrogen (secondary N) is 1. The van der Waals surface area contributed by atoms with Gasteiger partial charge in [0.05, 0.1) is 25.0 Å². The first kappa shape index (κ1) is 14.6. The number of rotatable bonds is 6. The molecule has 1 heterocycles. The average molecular weight is 265 g/mol. The molecule has 0 radical (unpaired) electrons. The molecule has 0 spiro atoms. The zero-order valence-corrected chi connectivity index (χ0v) is 12.4. The zero-order valence-electron chi connectivity index (χ0n) is 12.4. The first-order valence-electron chi connectivity index (χ1n) is 7.52. The summed E-state index contributed by atoms with van der Waals surface area (Å²) in [4.78, 5) is 0. The second-order valence-corrected chi connectivity index (χ2v) is 6.20. The molecule has 0 amide bonds. The van der Waals surface area contributed by atoms with Gasteiger partial charge in [-0.25, -0.2) is 0 Å². The van der Waals surface area contributed by atoms with Crippen molar-refractivity contribution in [2.24, 2.45) is 11.8 Å². The molecule has 3 unspecified atom stereocenters. The number of hydrogen-bond donors (Lipinski definition) is 1. The largest absolute Gasteiger partial charge is 0.468 e. The molecule has 1 saturated carbocycles. The second-order valence-electron chi connectivity index (χ2n) is 6.20. The third-order valence-electron chi connectivity index (χ3n) is 3.87. The monoisotopic (exact) mass is 265 g/mol. The molecule has 108 valence electrons. The lowest BCUT2D eigenvalue weighted by atomic mass is 9.82. The minimum Gasteiger partial charge on any atom is -0.468 e. The van der Waals surface area contributed by atoms with Crippen molar-refractivity contribution in [1.29, 1.82) is 0 Å². The Kier molecular flexibility index (Phi) is 5.46. The highest BCUT2D eigenvalue weighted by Crippen LogP contribution is 2.30. The highest BCUT2D eigenvalue weighted by atomic mass is 16.5. The average Bonchev–Trinajstić information content (AvgIpc) is 2.80. The van der Waals surface area contributed by atoms with Crippen molar-refractivity contribution in [3.8, 4) is 0 Å². The van der Waals surface area contributed by atoms with E-state index in [0.717, 1.165) is 30.7 Å². The van der Waals surface area contributed by atoms with E-state index in [1.54, 1.807) is 6.26 Å². The quantitative estimate of drug-likeness (QED) is 0.853. The molecule has 1 aromatic heterocycles. The van der Waals surface area contributed by atoms with Gasteiger partial charge in [0, 0.05) is 6.54 Å². The summed E-state index contributed by atoms with van der Waals surface area (Å²) < 4.78 is 11.4. The highest BCUT2D eigenvalue weighted by Gasteiger charge is 2.25. The molecule has 3 atom stereocenters. The van der Waals surface area contributed by atoms with Gasteiger partial charge in [-0.1, -0.05) is 13.8 Å². The van der Waals surface area contributed by atoms with Crippen LogP contribution in [0.4, 0.5) is 0 Å². The Morgan fingerprint density at radius 3 is 2.68 bits per heavy atom. The van der Waals surface area contributed by atoms with Crippen LogP contribution in [0.3, 0.4) is 0 Å². The second kappa shape index (κ2) is 7.11. The minimum atomic E-state index is 0.262. The molecule has 3 nitrogen and oxygen atoms in total. The smallest absolute Gasteiger partial charge is 0.117 e.